The van der Waals surface area contributed by atoms with Crippen LogP contribution in [0.25, 0.3) is 0 Å². The number of benzene rings is 2. The molecule has 3 heterocycles. The van der Waals surface area contributed by atoms with Crippen LogP contribution in [-0.4, -0.2) is 273 Å². The summed E-state index contributed by atoms with van der Waals surface area (Å²) in [6.45, 7) is 58.1. The van der Waals surface area contributed by atoms with Crippen LogP contribution in [0.3, 0.4) is 0 Å². The van der Waals surface area contributed by atoms with Gasteiger partial charge < -0.3 is 109 Å². The highest BCUT2D eigenvalue weighted by Crippen LogP contribution is 2.67. The van der Waals surface area contributed by atoms with Gasteiger partial charge in [-0.3, -0.25) is 57.5 Å². The molecule has 2 aromatic carbocycles. The van der Waals surface area contributed by atoms with Crippen molar-refractivity contribution >= 4 is 107 Å². The fourth-order valence-electron chi connectivity index (χ4n) is 21.3. The van der Waals surface area contributed by atoms with Crippen LogP contribution in [0.5, 0.6) is 0 Å². The van der Waals surface area contributed by atoms with Crippen molar-refractivity contribution in [2.75, 3.05) is 72.7 Å². The van der Waals surface area contributed by atoms with E-state index in [4.69, 9.17) is 14.2 Å². The number of ether oxygens (including phenoxy) is 3. The van der Waals surface area contributed by atoms with Crippen molar-refractivity contribution in [1.29, 1.82) is 0 Å². The molecule has 0 bridgehead atoms. The highest BCUT2D eigenvalue weighted by atomic mass is 16.6. The molecule has 148 heavy (non-hydrogen) atoms. The van der Waals surface area contributed by atoms with E-state index in [0.29, 0.717) is 71.1 Å². The minimum atomic E-state index is -1.05. The average Bonchev–Trinajstić information content (AvgIpc) is 1.53. The minimum absolute atomic E-state index is 0.0538. The molecule has 3 unspecified atom stereocenters. The van der Waals surface area contributed by atoms with Crippen molar-refractivity contribution in [3.63, 3.8) is 0 Å². The quantitative estimate of drug-likeness (QED) is 0.0169. The smallest absolute Gasteiger partial charge is 0.407 e. The monoisotopic (exact) mass is 2070 g/mol. The summed E-state index contributed by atoms with van der Waals surface area (Å²) in [6.07, 6.45) is 7.22. The molecule has 2 aromatic rings. The van der Waals surface area contributed by atoms with E-state index in [0.717, 1.165) is 22.3 Å². The Hall–Kier alpha value is -12.5. The first kappa shape index (κ1) is 121. The average molecular weight is 2070 g/mol. The fourth-order valence-corrected chi connectivity index (χ4v) is 21.3. The van der Waals surface area contributed by atoms with Crippen LogP contribution in [-0.2, 0) is 97.4 Å². The van der Waals surface area contributed by atoms with Crippen LogP contribution >= 0.6 is 0 Å². The summed E-state index contributed by atoms with van der Waals surface area (Å²) in [7, 11) is 1.44. The van der Waals surface area contributed by atoms with Gasteiger partial charge in [-0.1, -0.05) is 231 Å². The van der Waals surface area contributed by atoms with Crippen molar-refractivity contribution in [2.24, 2.45) is 85.2 Å². The first-order valence-electron chi connectivity index (χ1n) is 52.3. The number of amides is 18. The number of hydrogen-bond donors (Lipinski definition) is 15. The lowest BCUT2D eigenvalue weighted by Gasteiger charge is -2.38. The van der Waals surface area contributed by atoms with Crippen LogP contribution in [0, 0.1) is 85.2 Å². The Kier molecular flexibility index (Phi) is 41.7. The van der Waals surface area contributed by atoms with Gasteiger partial charge in [0.2, 0.25) is 52.8 Å². The van der Waals surface area contributed by atoms with Gasteiger partial charge in [-0.05, 0) is 173 Å². The fraction of sp³-hybridized carbons (Fsp3) is 0.670. The van der Waals surface area contributed by atoms with Gasteiger partial charge in [0.1, 0.15) is 56.1 Å². The maximum atomic E-state index is 14.8. The normalized spacial score (nSPS) is 22.0. The number of ketones is 3. The Morgan fingerprint density at radius 2 is 0.662 bits per heavy atom. The van der Waals surface area contributed by atoms with Gasteiger partial charge in [-0.25, -0.2) is 28.8 Å². The van der Waals surface area contributed by atoms with Gasteiger partial charge in [-0.15, -0.1) is 19.7 Å². The molecular weight excluding hydrogens is 1900 g/mol. The van der Waals surface area contributed by atoms with E-state index in [1.54, 1.807) is 16.7 Å². The molecule has 5 aliphatic carbocycles. The number of Topliss-reactive ketones (excluding diaryl/α,β-unsaturated/α-hetero) is 3. The van der Waals surface area contributed by atoms with Gasteiger partial charge in [0.25, 0.3) is 17.7 Å². The summed E-state index contributed by atoms with van der Waals surface area (Å²) in [4.78, 5) is 244. The summed E-state index contributed by atoms with van der Waals surface area (Å²) in [6, 6.07) is 3.47. The summed E-state index contributed by atoms with van der Waals surface area (Å²) in [5, 5.41) is 41.0. The SMILES string of the molecule is C=CCNC(=O)C(=O)C(CCC)NC(=O)[C@@H]1[C@@H]2[C@H](CN1C(=O)[C@@H](NC(=O)N[C@H](COC(=O)NC(C)C)C(C)(C)C)C1Cc3ccccc3C1)C2(C)C.C=CCNC(=O)C(=O)C(CCC)NC(=O)[C@@H]1[C@@H]2[C@H](CN1C(=O)[C@@H](NC(=O)N[C@H](COC(=O)NC)C(C)(C)C)C(C)(C)C)C2(C)C.C=CCNC(=O)C(=O)C(CCC)NC(=O)[C@@H]1[C@@H]2[C@H](CN1C(=O)[C@@H](NC(=O)N[C@H](COC(=O)NCC)C(C)(C)C)C1Cc3ccccc3C1)C2(C)C. The summed E-state index contributed by atoms with van der Waals surface area (Å²) in [5.74, 6) is -8.17. The molecule has 10 rings (SSSR count). The Balaban J connectivity index is 0.000000271. The van der Waals surface area contributed by atoms with Crippen LogP contribution in [0.4, 0.5) is 28.8 Å². The van der Waals surface area contributed by atoms with Gasteiger partial charge in [0.05, 0.1) is 36.3 Å². The Morgan fingerprint density at radius 1 is 0.378 bits per heavy atom. The molecule has 3 aliphatic heterocycles. The summed E-state index contributed by atoms with van der Waals surface area (Å²) < 4.78 is 16.0. The minimum Gasteiger partial charge on any atom is -0.447 e. The number of nitrogens with one attached hydrogen (secondary N) is 15. The molecule has 18 atom stereocenters. The number of urea groups is 3. The first-order chi connectivity index (χ1) is 69.2. The molecule has 15 N–H and O–H groups in total. The number of likely N-dealkylation sites (tertiary alicyclic amines) is 3. The number of carbonyl (C=O) groups excluding carboxylic acids is 18. The third-order valence-corrected chi connectivity index (χ3v) is 30.5. The van der Waals surface area contributed by atoms with E-state index < -0.39 is 189 Å². The van der Waals surface area contributed by atoms with Gasteiger partial charge >= 0.3 is 36.4 Å². The Labute approximate surface area is 873 Å². The molecule has 39 heteroatoms. The molecule has 0 aromatic heterocycles. The predicted molar refractivity (Wildman–Crippen MR) is 559 cm³/mol. The van der Waals surface area contributed by atoms with Crippen molar-refractivity contribution in [2.45, 2.75) is 309 Å². The van der Waals surface area contributed by atoms with Crippen molar-refractivity contribution in [1.82, 2.24) is 94.5 Å². The lowest BCUT2D eigenvalue weighted by atomic mass is 9.85. The molecule has 820 valence electrons. The molecule has 3 saturated heterocycles. The zero-order valence-corrected chi connectivity index (χ0v) is 91.7. The summed E-state index contributed by atoms with van der Waals surface area (Å²) in [5.41, 5.74) is 1.56. The Morgan fingerprint density at radius 3 is 0.926 bits per heavy atom. The molecule has 0 spiro atoms. The highest BCUT2D eigenvalue weighted by molar-refractivity contribution is 6.39. The molecular formula is C109H168N18O21. The zero-order valence-electron chi connectivity index (χ0n) is 91.7. The molecule has 6 fully saturated rings. The second-order valence-corrected chi connectivity index (χ2v) is 46.9. The molecule has 0 radical (unpaired) electrons. The van der Waals surface area contributed by atoms with Crippen molar-refractivity contribution in [3.8, 4) is 0 Å². The maximum absolute atomic E-state index is 14.8. The van der Waals surface area contributed by atoms with Crippen LogP contribution in [0.2, 0.25) is 0 Å². The molecule has 3 saturated carbocycles. The molecule has 39 nitrogen and oxygen atoms in total. The van der Waals surface area contributed by atoms with E-state index in [2.05, 4.69) is 127 Å². The second-order valence-electron chi connectivity index (χ2n) is 46.9. The van der Waals surface area contributed by atoms with E-state index in [-0.39, 0.29) is 140 Å². The van der Waals surface area contributed by atoms with Crippen LogP contribution in [0.1, 0.15) is 227 Å². The standard InChI is InChI=1S/C39H58N6O7.C38H56N6O7.C32H54N6O7/c1-10-14-27(32(46)34(48)40-17-11-2)42-33(47)31-29-26(39(29,8)9)20-45(31)35(49)30(25-18-23-15-12-13-16-24(23)19-25)44-36(50)43-28(38(5,6)7)21-52-37(51)41-22(3)4;1-9-14-26(31(45)33(47)40-17-10-2)41-32(46)30-28-25(38(28,7)8)20-44(30)34(48)29(24-18-22-15-12-13-16-23(22)19-24)43-35(49)42-27(37(4,5)6)21-51-36(50)39-11-3;1-12-14-19(23(39)26(41)34-15-13-2)35-25(40)22-21-18(32(21,9)10)16-38(22)27(42)24(31(6,7)8)37-28(43)36-20(30(3,4)5)17-45-29(44)33-11/h11-13,15-16,22,25-31H,2,10,14,17-21H2,1,3-9H3,(H,40,48)(H,41,51)(H,42,47)(H2,43,44,50);10,12-13,15-16,24-30H,2,9,11,14,17-21H2,1,3-8H3,(H,39,50)(H,40,47)(H,41,46)(H2,42,43,49);13,18-22,24H,2,12,14-17H2,1,3-11H3,(H,33,44)(H,34,41)(H,35,40)(H2,36,37,43)/t26-,27?,28+,29-,30-,31-;25-,26?,27+,28-,29-,30-;18-,19?,20+,21-,22-,24+/m000/s1. The number of rotatable bonds is 43. The second kappa shape index (κ2) is 51.2. The largest absolute Gasteiger partial charge is 0.447 e. The highest BCUT2D eigenvalue weighted by Gasteiger charge is 2.73. The zero-order chi connectivity index (χ0) is 111. The van der Waals surface area contributed by atoms with E-state index in [1.165, 1.54) is 30.2 Å². The van der Waals surface area contributed by atoms with Crippen LogP contribution < -0.4 is 79.8 Å². The molecule has 18 amide bonds. The van der Waals surface area contributed by atoms with Crippen molar-refractivity contribution in [3.05, 3.63) is 109 Å². The summed E-state index contributed by atoms with van der Waals surface area (Å²) >= 11 is 0. The number of fused-ring (bicyclic) bond motifs is 5. The van der Waals surface area contributed by atoms with E-state index in [1.807, 2.05) is 180 Å². The van der Waals surface area contributed by atoms with Gasteiger partial charge in [-0.2, -0.15) is 0 Å². The predicted octanol–water partition coefficient (Wildman–Crippen LogP) is 8.24. The topological polar surface area (TPSA) is 525 Å². The Bertz CT molecular complexity index is 5130. The number of piperidine rings is 3. The third-order valence-electron chi connectivity index (χ3n) is 30.5. The lowest BCUT2D eigenvalue weighted by molar-refractivity contribution is -0.145. The van der Waals surface area contributed by atoms with Crippen molar-refractivity contribution < 1.29 is 101 Å². The van der Waals surface area contributed by atoms with Gasteiger partial charge in [0, 0.05) is 58.9 Å². The molecule has 8 aliphatic rings. The number of carbonyl (C=O) groups is 18. The number of hydrogen-bond acceptors (Lipinski definition) is 21. The first-order valence-corrected chi connectivity index (χ1v) is 52.3. The van der Waals surface area contributed by atoms with Crippen LogP contribution in [0.15, 0.2) is 86.5 Å². The maximum Gasteiger partial charge on any atom is 0.407 e. The van der Waals surface area contributed by atoms with Gasteiger partial charge in [0.15, 0.2) is 0 Å². The van der Waals surface area contributed by atoms with E-state index in [9.17, 15) is 86.3 Å². The number of nitrogens with zero attached hydrogens (tertiary/aromatic N) is 3. The number of alkyl carbamates (subject to hydrolysis) is 3. The van der Waals surface area contributed by atoms with E-state index >= 15 is 0 Å². The lowest BCUT2D eigenvalue weighted by Crippen LogP contribution is -2.62. The third kappa shape index (κ3) is 30.7.